The van der Waals surface area contributed by atoms with Gasteiger partial charge in [0.2, 0.25) is 5.91 Å². The van der Waals surface area contributed by atoms with E-state index in [1.807, 2.05) is 62.4 Å². The van der Waals surface area contributed by atoms with E-state index in [-0.39, 0.29) is 48.7 Å². The van der Waals surface area contributed by atoms with Crippen LogP contribution in [-0.2, 0) is 19.1 Å². The molecule has 0 aromatic heterocycles. The minimum Gasteiger partial charge on any atom is -0.466 e. The van der Waals surface area contributed by atoms with Crippen molar-refractivity contribution in [1.82, 2.24) is 4.90 Å². The molecular formula is C32H38N2O5S. The summed E-state index contributed by atoms with van der Waals surface area (Å²) in [6.07, 6.45) is 2.42. The van der Waals surface area contributed by atoms with Crippen molar-refractivity contribution in [2.45, 2.75) is 56.2 Å². The summed E-state index contributed by atoms with van der Waals surface area (Å²) in [6, 6.07) is 13.6. The first-order valence-corrected chi connectivity index (χ1v) is 14.9. The summed E-state index contributed by atoms with van der Waals surface area (Å²) in [5, 5.41) is 10.6. The number of benzene rings is 2. The van der Waals surface area contributed by atoms with E-state index in [0.717, 1.165) is 28.8 Å². The lowest BCUT2D eigenvalue weighted by molar-refractivity contribution is -0.154. The van der Waals surface area contributed by atoms with Gasteiger partial charge >= 0.3 is 5.97 Å². The lowest BCUT2D eigenvalue weighted by Gasteiger charge is -2.42. The van der Waals surface area contributed by atoms with Crippen LogP contribution in [0.15, 0.2) is 61.2 Å². The summed E-state index contributed by atoms with van der Waals surface area (Å²) in [4.78, 5) is 46.2. The molecule has 0 aliphatic carbocycles. The first-order chi connectivity index (χ1) is 19.2. The summed E-state index contributed by atoms with van der Waals surface area (Å²) in [6.45, 7) is 11.9. The van der Waals surface area contributed by atoms with Crippen LogP contribution in [0.2, 0.25) is 0 Å². The van der Waals surface area contributed by atoms with Crippen molar-refractivity contribution in [2.24, 2.45) is 17.8 Å². The molecule has 8 heteroatoms. The van der Waals surface area contributed by atoms with E-state index in [1.54, 1.807) is 34.6 Å². The van der Waals surface area contributed by atoms with Gasteiger partial charge in [-0.15, -0.1) is 18.3 Å². The molecule has 1 N–H and O–H groups in total. The summed E-state index contributed by atoms with van der Waals surface area (Å²) < 4.78 is 4.65. The molecule has 5 rings (SSSR count). The third-order valence-electron chi connectivity index (χ3n) is 8.96. The number of aliphatic hydroxyl groups excluding tert-OH is 1. The van der Waals surface area contributed by atoms with Gasteiger partial charge in [-0.2, -0.15) is 0 Å². The van der Waals surface area contributed by atoms with Crippen molar-refractivity contribution in [3.05, 3.63) is 77.9 Å². The number of esters is 1. The Balaban J connectivity index is 1.70. The fourth-order valence-corrected chi connectivity index (χ4v) is 9.80. The standard InChI is InChI=1S/C32H38N2O5S/c1-6-16-33(27-19(3)12-11-13-20(27)4)30(37)28-32-21(5)17-24(40-32)25(31(38)39-7-2)26(32)29(36)34(28)23(18-35)22-14-9-8-10-15-22/h6,8-15,21,23-26,28,35H,1,7,16-18H2,2-5H3/t21?,23-,24-,25+,26+,28?,32?/m1/s1. The monoisotopic (exact) mass is 562 g/mol. The first-order valence-electron chi connectivity index (χ1n) is 14.0. The van der Waals surface area contributed by atoms with Gasteiger partial charge < -0.3 is 19.6 Å². The highest BCUT2D eigenvalue weighted by Crippen LogP contribution is 2.69. The average molecular weight is 563 g/mol. The van der Waals surface area contributed by atoms with Gasteiger partial charge in [-0.1, -0.05) is 61.5 Å². The fourth-order valence-electron chi connectivity index (χ4n) is 7.41. The van der Waals surface area contributed by atoms with Crippen LogP contribution in [0, 0.1) is 31.6 Å². The Morgan fingerprint density at radius 3 is 2.48 bits per heavy atom. The number of carbonyl (C=O) groups excluding carboxylic acids is 3. The summed E-state index contributed by atoms with van der Waals surface area (Å²) in [5.41, 5.74) is 3.44. The number of thioether (sulfide) groups is 1. The Labute approximate surface area is 240 Å². The topological polar surface area (TPSA) is 87.2 Å². The molecule has 2 aromatic rings. The van der Waals surface area contributed by atoms with E-state index in [2.05, 4.69) is 13.5 Å². The lowest BCUT2D eigenvalue weighted by atomic mass is 9.66. The highest BCUT2D eigenvalue weighted by atomic mass is 32.2. The van der Waals surface area contributed by atoms with Crippen molar-refractivity contribution >= 4 is 35.2 Å². The quantitative estimate of drug-likeness (QED) is 0.359. The van der Waals surface area contributed by atoms with Gasteiger partial charge in [0.15, 0.2) is 0 Å². The van der Waals surface area contributed by atoms with Crippen molar-refractivity contribution in [3.63, 3.8) is 0 Å². The average Bonchev–Trinajstić information content (AvgIpc) is 3.53. The molecule has 2 aromatic carbocycles. The van der Waals surface area contributed by atoms with E-state index in [1.165, 1.54) is 0 Å². The van der Waals surface area contributed by atoms with E-state index in [4.69, 9.17) is 4.74 Å². The van der Waals surface area contributed by atoms with Crippen LogP contribution < -0.4 is 4.90 Å². The van der Waals surface area contributed by atoms with Crippen LogP contribution >= 0.6 is 11.8 Å². The molecule has 3 unspecified atom stereocenters. The van der Waals surface area contributed by atoms with E-state index < -0.39 is 28.7 Å². The van der Waals surface area contributed by atoms with Crippen LogP contribution in [0.4, 0.5) is 5.69 Å². The van der Waals surface area contributed by atoms with Crippen molar-refractivity contribution < 1.29 is 24.2 Å². The van der Waals surface area contributed by atoms with Crippen molar-refractivity contribution in [2.75, 3.05) is 24.7 Å². The molecule has 3 aliphatic heterocycles. The molecule has 3 aliphatic rings. The molecule has 3 saturated heterocycles. The Morgan fingerprint density at radius 2 is 1.88 bits per heavy atom. The molecule has 0 saturated carbocycles. The molecule has 7 atom stereocenters. The van der Waals surface area contributed by atoms with Gasteiger partial charge in [0.1, 0.15) is 6.04 Å². The van der Waals surface area contributed by atoms with Gasteiger partial charge in [-0.05, 0) is 49.8 Å². The first kappa shape index (κ1) is 28.4. The number of hydrogen-bond donors (Lipinski definition) is 1. The van der Waals surface area contributed by atoms with Gasteiger partial charge in [0, 0.05) is 17.5 Å². The number of likely N-dealkylation sites (tertiary alicyclic amines) is 1. The zero-order valence-corrected chi connectivity index (χ0v) is 24.4. The van der Waals surface area contributed by atoms with Crippen LogP contribution in [0.5, 0.6) is 0 Å². The highest BCUT2D eigenvalue weighted by Gasteiger charge is 2.77. The number of aryl methyl sites for hydroxylation is 2. The van der Waals surface area contributed by atoms with Gasteiger partial charge in [-0.25, -0.2) is 0 Å². The molecule has 2 bridgehead atoms. The Hall–Kier alpha value is -3.10. The van der Waals surface area contributed by atoms with E-state index >= 15 is 0 Å². The molecule has 3 fully saturated rings. The zero-order valence-electron chi connectivity index (χ0n) is 23.6. The third kappa shape index (κ3) is 4.18. The second kappa shape index (κ2) is 11.1. The number of fused-ring (bicyclic) bond motifs is 1. The molecule has 212 valence electrons. The SMILES string of the molecule is C=CCN(C(=O)C1N([C@H](CO)c2ccccc2)C(=O)[C@@H]2[C@@H](C(=O)OCC)[C@H]3CC(C)C12S3)c1c(C)cccc1C. The summed E-state index contributed by atoms with van der Waals surface area (Å²) in [5.74, 6) is -2.19. The van der Waals surface area contributed by atoms with Crippen LogP contribution in [0.3, 0.4) is 0 Å². The molecule has 1 spiro atoms. The Kier molecular flexibility index (Phi) is 7.86. The highest BCUT2D eigenvalue weighted by molar-refractivity contribution is 8.02. The predicted octanol–water partition coefficient (Wildman–Crippen LogP) is 4.46. The van der Waals surface area contributed by atoms with Gasteiger partial charge in [0.25, 0.3) is 5.91 Å². The number of aliphatic hydroxyl groups is 1. The van der Waals surface area contributed by atoms with Crippen LogP contribution in [0.25, 0.3) is 0 Å². The number of amides is 2. The molecule has 2 amide bonds. The number of carbonyl (C=O) groups is 3. The smallest absolute Gasteiger partial charge is 0.310 e. The number of ether oxygens (including phenoxy) is 1. The number of para-hydroxylation sites is 1. The normalized spacial score (nSPS) is 29.3. The summed E-state index contributed by atoms with van der Waals surface area (Å²) >= 11 is 1.61. The zero-order chi connectivity index (χ0) is 28.8. The molecule has 0 radical (unpaired) electrons. The minimum atomic E-state index is -0.884. The molecule has 7 nitrogen and oxygen atoms in total. The Morgan fingerprint density at radius 1 is 1.20 bits per heavy atom. The Bertz CT molecular complexity index is 1300. The lowest BCUT2D eigenvalue weighted by Crippen LogP contribution is -2.58. The van der Waals surface area contributed by atoms with Crippen molar-refractivity contribution in [1.29, 1.82) is 0 Å². The van der Waals surface area contributed by atoms with Gasteiger partial charge in [0.05, 0.1) is 35.8 Å². The second-order valence-electron chi connectivity index (χ2n) is 11.1. The number of anilines is 1. The predicted molar refractivity (Wildman–Crippen MR) is 157 cm³/mol. The van der Waals surface area contributed by atoms with Gasteiger partial charge in [-0.3, -0.25) is 14.4 Å². The maximum atomic E-state index is 15.0. The van der Waals surface area contributed by atoms with Crippen LogP contribution in [0.1, 0.15) is 43.0 Å². The van der Waals surface area contributed by atoms with Crippen LogP contribution in [-0.4, -0.2) is 63.6 Å². The summed E-state index contributed by atoms with van der Waals surface area (Å²) in [7, 11) is 0. The number of nitrogens with zero attached hydrogens (tertiary/aromatic N) is 2. The minimum absolute atomic E-state index is 0.000240. The maximum Gasteiger partial charge on any atom is 0.310 e. The maximum absolute atomic E-state index is 15.0. The second-order valence-corrected chi connectivity index (χ2v) is 12.7. The molecule has 3 heterocycles. The fraction of sp³-hybridized carbons (Fsp3) is 0.469. The van der Waals surface area contributed by atoms with Crippen molar-refractivity contribution in [3.8, 4) is 0 Å². The van der Waals surface area contributed by atoms with E-state index in [0.29, 0.717) is 0 Å². The largest absolute Gasteiger partial charge is 0.466 e. The van der Waals surface area contributed by atoms with E-state index in [9.17, 15) is 19.5 Å². The number of rotatable bonds is 9. The molecular weight excluding hydrogens is 524 g/mol. The number of hydrogen-bond acceptors (Lipinski definition) is 6. The molecule has 40 heavy (non-hydrogen) atoms. The third-order valence-corrected chi connectivity index (χ3v) is 11.0.